The summed E-state index contributed by atoms with van der Waals surface area (Å²) in [6.45, 7) is 0. The fourth-order valence-corrected chi connectivity index (χ4v) is 2.83. The first-order chi connectivity index (χ1) is 11.1. The van der Waals surface area contributed by atoms with E-state index in [4.69, 9.17) is 9.15 Å². The number of carbonyl (C=O) groups is 1. The average Bonchev–Trinajstić information content (AvgIpc) is 2.98. The Bertz CT molecular complexity index is 669. The Labute approximate surface area is 140 Å². The lowest BCUT2D eigenvalue weighted by atomic mass is 9.93. The topological polar surface area (TPSA) is 77.2 Å². The lowest BCUT2D eigenvalue weighted by molar-refractivity contribution is 0.0857. The third-order valence-corrected chi connectivity index (χ3v) is 4.10. The van der Waals surface area contributed by atoms with Gasteiger partial charge in [0.05, 0.1) is 12.4 Å². The summed E-state index contributed by atoms with van der Waals surface area (Å²) in [6, 6.07) is 3.57. The first-order valence-corrected chi connectivity index (χ1v) is 8.10. The molecule has 1 aliphatic rings. The maximum atomic E-state index is 12.7. The molecule has 1 N–H and O–H groups in total. The molecule has 0 aromatic carbocycles. The lowest BCUT2D eigenvalue weighted by Gasteiger charge is -2.28. The molecule has 122 valence electrons. The predicted octanol–water partition coefficient (Wildman–Crippen LogP) is 3.09. The second-order valence-corrected chi connectivity index (χ2v) is 6.13. The Kier molecular flexibility index (Phi) is 4.90. The van der Waals surface area contributed by atoms with Crippen molar-refractivity contribution in [1.82, 2.24) is 15.3 Å². The Morgan fingerprint density at radius 1 is 1.26 bits per heavy atom. The van der Waals surface area contributed by atoms with E-state index in [9.17, 15) is 9.18 Å². The van der Waals surface area contributed by atoms with E-state index < -0.39 is 5.82 Å². The molecule has 1 fully saturated rings. The molecular formula is C15H15BrFN3O3. The van der Waals surface area contributed by atoms with Crippen LogP contribution >= 0.6 is 15.9 Å². The fraction of sp³-hybridized carbons (Fsp3) is 0.400. The largest absolute Gasteiger partial charge is 0.460 e. The molecule has 1 aliphatic carbocycles. The van der Waals surface area contributed by atoms with Crippen molar-refractivity contribution in [3.8, 4) is 6.01 Å². The molecule has 2 aromatic rings. The quantitative estimate of drug-likeness (QED) is 0.877. The third-order valence-electron chi connectivity index (χ3n) is 3.68. The molecule has 0 radical (unpaired) electrons. The van der Waals surface area contributed by atoms with Crippen molar-refractivity contribution in [1.29, 1.82) is 0 Å². The maximum Gasteiger partial charge on any atom is 0.316 e. The van der Waals surface area contributed by atoms with Gasteiger partial charge in [0.2, 0.25) is 0 Å². The Hall–Kier alpha value is -1.96. The van der Waals surface area contributed by atoms with Crippen LogP contribution in [0.3, 0.4) is 0 Å². The number of halogens is 2. The van der Waals surface area contributed by atoms with Gasteiger partial charge in [-0.1, -0.05) is 0 Å². The molecule has 2 aromatic heterocycles. The minimum atomic E-state index is -0.492. The van der Waals surface area contributed by atoms with E-state index in [1.165, 1.54) is 0 Å². The Morgan fingerprint density at radius 2 is 1.96 bits per heavy atom. The zero-order valence-electron chi connectivity index (χ0n) is 12.2. The highest BCUT2D eigenvalue weighted by Gasteiger charge is 2.25. The summed E-state index contributed by atoms with van der Waals surface area (Å²) < 4.78 is 24.1. The second kappa shape index (κ2) is 7.08. The van der Waals surface area contributed by atoms with Gasteiger partial charge >= 0.3 is 6.01 Å². The maximum absolute atomic E-state index is 12.7. The van der Waals surface area contributed by atoms with Crippen LogP contribution in [0, 0.1) is 5.82 Å². The van der Waals surface area contributed by atoms with Gasteiger partial charge in [0.15, 0.2) is 16.2 Å². The fourth-order valence-electron chi connectivity index (χ4n) is 2.53. The van der Waals surface area contributed by atoms with Crippen LogP contribution in [0.25, 0.3) is 0 Å². The zero-order valence-corrected chi connectivity index (χ0v) is 13.8. The molecule has 0 spiro atoms. The van der Waals surface area contributed by atoms with E-state index in [0.717, 1.165) is 38.1 Å². The van der Waals surface area contributed by atoms with Crippen LogP contribution in [-0.2, 0) is 0 Å². The number of hydrogen-bond donors (Lipinski definition) is 1. The number of hydrogen-bond acceptors (Lipinski definition) is 5. The van der Waals surface area contributed by atoms with E-state index in [2.05, 4.69) is 31.2 Å². The van der Waals surface area contributed by atoms with Crippen molar-refractivity contribution in [2.75, 3.05) is 0 Å². The number of amides is 1. The van der Waals surface area contributed by atoms with Crippen LogP contribution in [0.2, 0.25) is 0 Å². The normalized spacial score (nSPS) is 21.0. The van der Waals surface area contributed by atoms with Crippen LogP contribution in [0.5, 0.6) is 6.01 Å². The summed E-state index contributed by atoms with van der Waals surface area (Å²) in [5.74, 6) is -0.426. The summed E-state index contributed by atoms with van der Waals surface area (Å²) in [5, 5.41) is 2.95. The number of furan rings is 1. The number of aromatic nitrogens is 2. The molecule has 0 unspecified atom stereocenters. The minimum Gasteiger partial charge on any atom is -0.460 e. The van der Waals surface area contributed by atoms with Gasteiger partial charge in [-0.05, 0) is 53.7 Å². The number of carbonyl (C=O) groups excluding carboxylic acids is 1. The molecule has 23 heavy (non-hydrogen) atoms. The number of ether oxygens (including phenoxy) is 1. The van der Waals surface area contributed by atoms with Gasteiger partial charge in [0.1, 0.15) is 6.10 Å². The second-order valence-electron chi connectivity index (χ2n) is 5.35. The Balaban J connectivity index is 1.46. The van der Waals surface area contributed by atoms with E-state index in [-0.39, 0.29) is 29.8 Å². The highest BCUT2D eigenvalue weighted by Crippen LogP contribution is 2.23. The molecule has 0 aliphatic heterocycles. The molecule has 6 nitrogen and oxygen atoms in total. The monoisotopic (exact) mass is 383 g/mol. The van der Waals surface area contributed by atoms with E-state index >= 15 is 0 Å². The Morgan fingerprint density at radius 3 is 2.57 bits per heavy atom. The van der Waals surface area contributed by atoms with Gasteiger partial charge in [-0.15, -0.1) is 0 Å². The summed E-state index contributed by atoms with van der Waals surface area (Å²) in [5.41, 5.74) is 0. The summed E-state index contributed by atoms with van der Waals surface area (Å²) >= 11 is 3.17. The molecule has 3 rings (SSSR count). The lowest BCUT2D eigenvalue weighted by Crippen LogP contribution is -2.39. The summed E-state index contributed by atoms with van der Waals surface area (Å²) in [6.07, 6.45) is 5.26. The summed E-state index contributed by atoms with van der Waals surface area (Å²) in [4.78, 5) is 19.6. The van der Waals surface area contributed by atoms with E-state index in [1.54, 1.807) is 12.1 Å². The third kappa shape index (κ3) is 4.28. The zero-order chi connectivity index (χ0) is 16.2. The molecule has 1 saturated carbocycles. The molecule has 0 atom stereocenters. The van der Waals surface area contributed by atoms with Crippen molar-refractivity contribution >= 4 is 21.8 Å². The smallest absolute Gasteiger partial charge is 0.316 e. The van der Waals surface area contributed by atoms with Crippen LogP contribution in [-0.4, -0.2) is 28.0 Å². The van der Waals surface area contributed by atoms with Crippen molar-refractivity contribution in [3.63, 3.8) is 0 Å². The van der Waals surface area contributed by atoms with E-state index in [1.807, 2.05) is 0 Å². The van der Waals surface area contributed by atoms with Gasteiger partial charge in [-0.3, -0.25) is 4.79 Å². The molecular weight excluding hydrogens is 369 g/mol. The first kappa shape index (κ1) is 15.9. The number of rotatable bonds is 4. The van der Waals surface area contributed by atoms with Crippen LogP contribution < -0.4 is 10.1 Å². The molecule has 0 bridgehead atoms. The standard InChI is InChI=1S/C15H15BrFN3O3/c16-13-6-5-12(23-13)14(21)20-10-1-3-11(4-2-10)22-15-18-7-9(17)8-19-15/h5-8,10-11H,1-4H2,(H,20,21). The highest BCUT2D eigenvalue weighted by molar-refractivity contribution is 9.10. The van der Waals surface area contributed by atoms with Crippen molar-refractivity contribution in [2.45, 2.75) is 37.8 Å². The average molecular weight is 384 g/mol. The van der Waals surface area contributed by atoms with Crippen LogP contribution in [0.4, 0.5) is 4.39 Å². The number of nitrogens with zero attached hydrogens (tertiary/aromatic N) is 2. The van der Waals surface area contributed by atoms with Gasteiger partial charge in [-0.25, -0.2) is 14.4 Å². The van der Waals surface area contributed by atoms with E-state index in [0.29, 0.717) is 4.67 Å². The first-order valence-electron chi connectivity index (χ1n) is 7.30. The van der Waals surface area contributed by atoms with Crippen LogP contribution in [0.15, 0.2) is 33.6 Å². The summed E-state index contributed by atoms with van der Waals surface area (Å²) in [7, 11) is 0. The molecule has 0 saturated heterocycles. The van der Waals surface area contributed by atoms with Gasteiger partial charge < -0.3 is 14.5 Å². The molecule has 1 amide bonds. The minimum absolute atomic E-state index is 0.0219. The highest BCUT2D eigenvalue weighted by atomic mass is 79.9. The van der Waals surface area contributed by atoms with Crippen molar-refractivity contribution in [3.05, 3.63) is 40.8 Å². The van der Waals surface area contributed by atoms with Gasteiger partial charge in [0, 0.05) is 6.04 Å². The van der Waals surface area contributed by atoms with Crippen LogP contribution in [0.1, 0.15) is 36.2 Å². The van der Waals surface area contributed by atoms with Gasteiger partial charge in [-0.2, -0.15) is 0 Å². The SMILES string of the molecule is O=C(NC1CCC(Oc2ncc(F)cn2)CC1)c1ccc(Br)o1. The molecule has 8 heteroatoms. The van der Waals surface area contributed by atoms with Crippen molar-refractivity contribution < 1.29 is 18.3 Å². The molecule has 2 heterocycles. The van der Waals surface area contributed by atoms with Gasteiger partial charge in [0.25, 0.3) is 5.91 Å². The predicted molar refractivity (Wildman–Crippen MR) is 82.5 cm³/mol. The van der Waals surface area contributed by atoms with Crippen molar-refractivity contribution in [2.24, 2.45) is 0 Å². The number of nitrogens with one attached hydrogen (secondary N) is 1.